The number of hydrogen-bond acceptors (Lipinski definition) is 8. The van der Waals surface area contributed by atoms with E-state index in [9.17, 15) is 0 Å². The minimum Gasteiger partial charge on any atom is -0.379 e. The molecule has 0 aromatic rings. The highest BCUT2D eigenvalue weighted by Gasteiger charge is 2.51. The zero-order valence-electron chi connectivity index (χ0n) is 24.4. The fraction of sp³-hybridized carbons (Fsp3) is 0.926. The van der Waals surface area contributed by atoms with Gasteiger partial charge < -0.3 is 15.0 Å². The summed E-state index contributed by atoms with van der Waals surface area (Å²) in [5, 5.41) is 2.33. The fourth-order valence-electron chi connectivity index (χ4n) is 7.18. The first-order valence-electron chi connectivity index (χ1n) is 13.7. The van der Waals surface area contributed by atoms with E-state index in [-0.39, 0.29) is 22.2 Å². The fourth-order valence-corrected chi connectivity index (χ4v) is 7.47. The number of likely N-dealkylation sites (tertiary alicyclic amines) is 2. The first-order chi connectivity index (χ1) is 16.5. The second-order valence-corrected chi connectivity index (χ2v) is 14.4. The van der Waals surface area contributed by atoms with Crippen LogP contribution in [0.1, 0.15) is 81.1 Å². The summed E-state index contributed by atoms with van der Waals surface area (Å²) in [6.07, 6.45) is 6.00. The van der Waals surface area contributed by atoms with Gasteiger partial charge in [-0.1, -0.05) is 0 Å². The smallest absolute Gasteiger partial charge is 0.292 e. The van der Waals surface area contributed by atoms with Crippen molar-refractivity contribution in [3.63, 3.8) is 0 Å². The highest BCUT2D eigenvalue weighted by Crippen LogP contribution is 2.44. The van der Waals surface area contributed by atoms with Crippen molar-refractivity contribution in [2.75, 3.05) is 40.4 Å². The Kier molecular flexibility index (Phi) is 7.31. The average Bonchev–Trinajstić information content (AvgIpc) is 2.76. The quantitative estimate of drug-likeness (QED) is 0.449. The van der Waals surface area contributed by atoms with E-state index in [0.717, 1.165) is 44.7 Å². The molecule has 0 aromatic heterocycles. The summed E-state index contributed by atoms with van der Waals surface area (Å²) in [5.74, 6) is 0.855. The Morgan fingerprint density at radius 2 is 1.25 bits per heavy atom. The Balaban J connectivity index is 1.76. The number of halogens is 1. The molecule has 4 aliphatic heterocycles. The van der Waals surface area contributed by atoms with E-state index in [1.807, 2.05) is 0 Å². The van der Waals surface area contributed by atoms with Gasteiger partial charge in [-0.2, -0.15) is 4.99 Å². The van der Waals surface area contributed by atoms with Crippen molar-refractivity contribution in [3.8, 4) is 0 Å². The molecular weight excluding hydrogens is 474 g/mol. The molecule has 0 aromatic carbocycles. The number of nitrogens with zero attached hydrogens (tertiary/aromatic N) is 6. The number of piperidine rings is 2. The first kappa shape index (κ1) is 28.1. The average molecular weight is 524 g/mol. The molecule has 4 aliphatic rings. The van der Waals surface area contributed by atoms with Crippen molar-refractivity contribution < 1.29 is 4.74 Å². The van der Waals surface area contributed by atoms with Crippen LogP contribution in [0, 0.1) is 0 Å². The number of guanidine groups is 1. The predicted octanol–water partition coefficient (Wildman–Crippen LogP) is 3.76. The maximum atomic E-state index is 7.14. The Morgan fingerprint density at radius 3 is 1.67 bits per heavy atom. The van der Waals surface area contributed by atoms with Crippen LogP contribution < -0.4 is 5.32 Å². The lowest BCUT2D eigenvalue weighted by atomic mass is 9.73. The van der Waals surface area contributed by atoms with Gasteiger partial charge in [-0.3, -0.25) is 9.80 Å². The largest absolute Gasteiger partial charge is 0.379 e. The van der Waals surface area contributed by atoms with Crippen LogP contribution in [-0.4, -0.2) is 112 Å². The Labute approximate surface area is 224 Å². The van der Waals surface area contributed by atoms with E-state index in [4.69, 9.17) is 21.3 Å². The zero-order chi connectivity index (χ0) is 26.7. The molecule has 1 atom stereocenters. The third-order valence-electron chi connectivity index (χ3n) is 9.69. The predicted molar refractivity (Wildman–Crippen MR) is 150 cm³/mol. The molecule has 0 bridgehead atoms. The standard InChI is InChI=1S/C27H50ClN7O/c1-23(2)15-20(16-24(3,4)32(23)9)35(21-17-25(5,6)33(10)26(7,8)18-21)22-29-19-30-27(28,31-22)34-11-13-36-14-12-34/h19-21H,11-18H2,1-10H3,(H,29,30,31). The van der Waals surface area contributed by atoms with Gasteiger partial charge in [0.2, 0.25) is 5.96 Å². The van der Waals surface area contributed by atoms with Crippen molar-refractivity contribution in [1.29, 1.82) is 0 Å². The van der Waals surface area contributed by atoms with Gasteiger partial charge >= 0.3 is 0 Å². The van der Waals surface area contributed by atoms with Crippen LogP contribution in [0.25, 0.3) is 0 Å². The number of morpholine rings is 1. The summed E-state index contributed by atoms with van der Waals surface area (Å²) in [4.78, 5) is 19.6. The van der Waals surface area contributed by atoms with E-state index in [0.29, 0.717) is 25.3 Å². The molecule has 3 saturated heterocycles. The lowest BCUT2D eigenvalue weighted by molar-refractivity contribution is -0.0724. The normalized spacial score (nSPS) is 33.7. The molecule has 9 heteroatoms. The summed E-state index contributed by atoms with van der Waals surface area (Å²) in [7, 11) is 4.54. The maximum absolute atomic E-state index is 7.14. The maximum Gasteiger partial charge on any atom is 0.292 e. The summed E-state index contributed by atoms with van der Waals surface area (Å²) in [6, 6.07) is 0.657. The number of aliphatic imine (C=N–C) groups is 2. The zero-order valence-corrected chi connectivity index (χ0v) is 25.1. The summed E-state index contributed by atoms with van der Waals surface area (Å²) in [6.45, 7) is 21.7. The van der Waals surface area contributed by atoms with Crippen molar-refractivity contribution in [2.45, 2.75) is 121 Å². The summed E-state index contributed by atoms with van der Waals surface area (Å²) >= 11 is 7.14. The third kappa shape index (κ3) is 5.18. The molecule has 0 amide bonds. The van der Waals surface area contributed by atoms with Gasteiger partial charge in [-0.15, -0.1) is 0 Å². The van der Waals surface area contributed by atoms with Gasteiger partial charge in [-0.25, -0.2) is 9.89 Å². The molecule has 0 radical (unpaired) electrons. The molecule has 8 nitrogen and oxygen atoms in total. The highest BCUT2D eigenvalue weighted by atomic mass is 35.5. The van der Waals surface area contributed by atoms with Crippen LogP contribution in [-0.2, 0) is 4.74 Å². The van der Waals surface area contributed by atoms with Crippen LogP contribution in [0.5, 0.6) is 0 Å². The Bertz CT molecular complexity index is 801. The van der Waals surface area contributed by atoms with Crippen LogP contribution in [0.2, 0.25) is 0 Å². The minimum absolute atomic E-state index is 0.0622. The molecule has 0 spiro atoms. The van der Waals surface area contributed by atoms with Gasteiger partial charge in [-0.05, 0) is 107 Å². The summed E-state index contributed by atoms with van der Waals surface area (Å²) < 4.78 is 5.58. The Morgan fingerprint density at radius 1 is 0.833 bits per heavy atom. The lowest BCUT2D eigenvalue weighted by Gasteiger charge is -2.60. The number of ether oxygens (including phenoxy) is 1. The molecule has 1 unspecified atom stereocenters. The molecule has 0 aliphatic carbocycles. The van der Waals surface area contributed by atoms with Crippen molar-refractivity contribution in [2.24, 2.45) is 9.98 Å². The van der Waals surface area contributed by atoms with Crippen molar-refractivity contribution in [3.05, 3.63) is 0 Å². The van der Waals surface area contributed by atoms with Gasteiger partial charge in [0.15, 0.2) is 0 Å². The van der Waals surface area contributed by atoms with E-state index < -0.39 is 5.25 Å². The molecule has 4 heterocycles. The van der Waals surface area contributed by atoms with Gasteiger partial charge in [0, 0.05) is 47.3 Å². The number of hydrogen-bond donors (Lipinski definition) is 1. The van der Waals surface area contributed by atoms with Crippen LogP contribution in [0.4, 0.5) is 0 Å². The molecule has 36 heavy (non-hydrogen) atoms. The van der Waals surface area contributed by atoms with Gasteiger partial charge in [0.1, 0.15) is 0 Å². The van der Waals surface area contributed by atoms with E-state index in [1.54, 1.807) is 6.34 Å². The molecular formula is C27H50ClN7O. The highest BCUT2D eigenvalue weighted by molar-refractivity contribution is 6.24. The second-order valence-electron chi connectivity index (χ2n) is 13.9. The third-order valence-corrected chi connectivity index (χ3v) is 10.1. The van der Waals surface area contributed by atoms with Crippen molar-refractivity contribution >= 4 is 23.9 Å². The second kappa shape index (κ2) is 9.37. The number of nitrogens with one attached hydrogen (secondary N) is 1. The van der Waals surface area contributed by atoms with Crippen molar-refractivity contribution in [1.82, 2.24) is 24.9 Å². The van der Waals surface area contributed by atoms with Gasteiger partial charge in [0.05, 0.1) is 19.6 Å². The molecule has 206 valence electrons. The molecule has 1 N–H and O–H groups in total. The van der Waals surface area contributed by atoms with Crippen LogP contribution in [0.3, 0.4) is 0 Å². The van der Waals surface area contributed by atoms with E-state index in [2.05, 4.69) is 99.4 Å². The molecule has 0 saturated carbocycles. The van der Waals surface area contributed by atoms with Crippen LogP contribution >= 0.6 is 11.6 Å². The number of rotatable bonds is 3. The lowest BCUT2D eigenvalue weighted by Crippen LogP contribution is -2.69. The molecule has 4 rings (SSSR count). The topological polar surface area (TPSA) is 58.9 Å². The monoisotopic (exact) mass is 523 g/mol. The first-order valence-corrected chi connectivity index (χ1v) is 14.0. The van der Waals surface area contributed by atoms with E-state index in [1.165, 1.54) is 0 Å². The van der Waals surface area contributed by atoms with Gasteiger partial charge in [0.25, 0.3) is 5.25 Å². The number of alkyl halides is 1. The SMILES string of the molecule is CN1C(C)(C)CC(N(C2=NC(Cl)(N3CCOCC3)N=CN2)C2CC(C)(C)N(C)C(C)(C)C2)CC1(C)C. The molecule has 3 fully saturated rings. The van der Waals surface area contributed by atoms with E-state index >= 15 is 0 Å². The van der Waals surface area contributed by atoms with Crippen LogP contribution in [0.15, 0.2) is 9.98 Å². The Hall–Kier alpha value is -0.930. The minimum atomic E-state index is -1.13. The summed E-state index contributed by atoms with van der Waals surface area (Å²) in [5.41, 5.74) is 0.249.